The molecule has 1 aromatic carbocycles. The van der Waals surface area contributed by atoms with Crippen molar-refractivity contribution in [3.63, 3.8) is 0 Å². The van der Waals surface area contributed by atoms with Crippen molar-refractivity contribution in [1.29, 1.82) is 0 Å². The average Bonchev–Trinajstić information content (AvgIpc) is 2.94. The number of carbonyl (C=O) groups excluding carboxylic acids is 1. The Hall–Kier alpha value is -1.75. The monoisotopic (exact) mass is 263 g/mol. The van der Waals surface area contributed by atoms with E-state index in [0.717, 1.165) is 25.3 Å². The number of rotatable bonds is 4. The maximum absolute atomic E-state index is 11.5. The summed E-state index contributed by atoms with van der Waals surface area (Å²) in [6.07, 6.45) is 1.07. The molecule has 5 nitrogen and oxygen atoms in total. The summed E-state index contributed by atoms with van der Waals surface area (Å²) in [5, 5.41) is 5.98. The summed E-state index contributed by atoms with van der Waals surface area (Å²) in [7, 11) is 1.60. The molecule has 2 unspecified atom stereocenters. The lowest BCUT2D eigenvalue weighted by Crippen LogP contribution is -2.26. The summed E-state index contributed by atoms with van der Waals surface area (Å²) >= 11 is 0. The number of benzene rings is 1. The zero-order valence-corrected chi connectivity index (χ0v) is 11.4. The lowest BCUT2D eigenvalue weighted by molar-refractivity contribution is 0.0963. The number of anilines is 2. The number of nitrogens with two attached hydrogens (primary N) is 1. The summed E-state index contributed by atoms with van der Waals surface area (Å²) in [4.78, 5) is 11.5. The van der Waals surface area contributed by atoms with E-state index < -0.39 is 0 Å². The van der Waals surface area contributed by atoms with Gasteiger partial charge in [0.15, 0.2) is 0 Å². The van der Waals surface area contributed by atoms with Crippen LogP contribution in [0.15, 0.2) is 18.2 Å². The average molecular weight is 263 g/mol. The van der Waals surface area contributed by atoms with Crippen LogP contribution in [0.5, 0.6) is 0 Å². The predicted octanol–water partition coefficient (Wildman–Crippen LogP) is 1.47. The van der Waals surface area contributed by atoms with Gasteiger partial charge in [0.25, 0.3) is 5.91 Å². The van der Waals surface area contributed by atoms with E-state index >= 15 is 0 Å². The smallest absolute Gasteiger partial charge is 0.251 e. The third-order valence-electron chi connectivity index (χ3n) is 3.60. The molecule has 1 heterocycles. The lowest BCUT2D eigenvalue weighted by Gasteiger charge is -2.21. The molecule has 1 aromatic rings. The van der Waals surface area contributed by atoms with Gasteiger partial charge in [-0.25, -0.2) is 0 Å². The maximum Gasteiger partial charge on any atom is 0.251 e. The SMILES string of the molecule is CNC(=O)c1ccc(NC(C)C2CCOC2)c(N)c1. The van der Waals surface area contributed by atoms with Gasteiger partial charge in [-0.1, -0.05) is 0 Å². The third kappa shape index (κ3) is 3.17. The van der Waals surface area contributed by atoms with Crippen LogP contribution >= 0.6 is 0 Å². The zero-order chi connectivity index (χ0) is 13.8. The standard InChI is InChI=1S/C14H21N3O2/c1-9(11-5-6-19-8-11)17-13-4-3-10(7-12(13)15)14(18)16-2/h3-4,7,9,11,17H,5-6,8,15H2,1-2H3,(H,16,18). The lowest BCUT2D eigenvalue weighted by atomic mass is 10.00. The van der Waals surface area contributed by atoms with Gasteiger partial charge in [0.05, 0.1) is 18.0 Å². The Kier molecular flexibility index (Phi) is 4.27. The molecule has 2 atom stereocenters. The van der Waals surface area contributed by atoms with Crippen LogP contribution in [0.25, 0.3) is 0 Å². The molecular weight excluding hydrogens is 242 g/mol. The molecular formula is C14H21N3O2. The fourth-order valence-corrected chi connectivity index (χ4v) is 2.29. The second kappa shape index (κ2) is 5.93. The highest BCUT2D eigenvalue weighted by Crippen LogP contribution is 2.25. The molecule has 1 aliphatic heterocycles. The van der Waals surface area contributed by atoms with Crippen molar-refractivity contribution in [2.24, 2.45) is 5.92 Å². The number of nitrogen functional groups attached to an aromatic ring is 1. The van der Waals surface area contributed by atoms with E-state index in [1.165, 1.54) is 0 Å². The Bertz CT molecular complexity index is 456. The van der Waals surface area contributed by atoms with E-state index in [4.69, 9.17) is 10.5 Å². The second-order valence-electron chi connectivity index (χ2n) is 4.94. The highest BCUT2D eigenvalue weighted by molar-refractivity contribution is 5.95. The minimum atomic E-state index is -0.129. The summed E-state index contributed by atoms with van der Waals surface area (Å²) in [6.45, 7) is 3.76. The molecule has 0 saturated carbocycles. The van der Waals surface area contributed by atoms with Crippen LogP contribution in [0, 0.1) is 5.92 Å². The van der Waals surface area contributed by atoms with Crippen LogP contribution < -0.4 is 16.4 Å². The molecule has 0 bridgehead atoms. The van der Waals surface area contributed by atoms with Gasteiger partial charge in [0, 0.05) is 31.2 Å². The number of carbonyl (C=O) groups is 1. The minimum absolute atomic E-state index is 0.129. The first-order valence-electron chi connectivity index (χ1n) is 6.57. The summed E-state index contributed by atoms with van der Waals surface area (Å²) in [5.41, 5.74) is 8.02. The van der Waals surface area contributed by atoms with Crippen LogP contribution in [0.4, 0.5) is 11.4 Å². The Morgan fingerprint density at radius 2 is 2.32 bits per heavy atom. The van der Waals surface area contributed by atoms with Crippen molar-refractivity contribution in [1.82, 2.24) is 5.32 Å². The van der Waals surface area contributed by atoms with Gasteiger partial charge in [-0.2, -0.15) is 0 Å². The molecule has 1 amide bonds. The predicted molar refractivity (Wildman–Crippen MR) is 76.3 cm³/mol. The topological polar surface area (TPSA) is 76.4 Å². The first-order valence-corrected chi connectivity index (χ1v) is 6.57. The first kappa shape index (κ1) is 13.7. The minimum Gasteiger partial charge on any atom is -0.397 e. The highest BCUT2D eigenvalue weighted by atomic mass is 16.5. The van der Waals surface area contributed by atoms with Crippen molar-refractivity contribution in [2.75, 3.05) is 31.3 Å². The van der Waals surface area contributed by atoms with E-state index in [1.54, 1.807) is 19.2 Å². The Morgan fingerprint density at radius 3 is 2.89 bits per heavy atom. The third-order valence-corrected chi connectivity index (χ3v) is 3.60. The molecule has 0 radical (unpaired) electrons. The van der Waals surface area contributed by atoms with Crippen LogP contribution in [-0.2, 0) is 4.74 Å². The van der Waals surface area contributed by atoms with E-state index in [0.29, 0.717) is 23.2 Å². The fourth-order valence-electron chi connectivity index (χ4n) is 2.29. The number of hydrogen-bond donors (Lipinski definition) is 3. The van der Waals surface area contributed by atoms with Crippen LogP contribution in [0.1, 0.15) is 23.7 Å². The summed E-state index contributed by atoms with van der Waals surface area (Å²) < 4.78 is 5.39. The van der Waals surface area contributed by atoms with Crippen LogP contribution in [0.3, 0.4) is 0 Å². The van der Waals surface area contributed by atoms with Gasteiger partial charge in [0.1, 0.15) is 0 Å². The molecule has 1 saturated heterocycles. The molecule has 0 aromatic heterocycles. The van der Waals surface area contributed by atoms with Gasteiger partial charge in [-0.05, 0) is 31.5 Å². The quantitative estimate of drug-likeness (QED) is 0.719. The zero-order valence-electron chi connectivity index (χ0n) is 11.4. The molecule has 104 valence electrons. The molecule has 1 fully saturated rings. The molecule has 0 spiro atoms. The van der Waals surface area contributed by atoms with Gasteiger partial charge in [0.2, 0.25) is 0 Å². The molecule has 2 rings (SSSR count). The van der Waals surface area contributed by atoms with E-state index in [2.05, 4.69) is 17.6 Å². The number of hydrogen-bond acceptors (Lipinski definition) is 4. The van der Waals surface area contributed by atoms with E-state index in [1.807, 2.05) is 6.07 Å². The van der Waals surface area contributed by atoms with Gasteiger partial charge >= 0.3 is 0 Å². The number of amides is 1. The Balaban J connectivity index is 2.06. The van der Waals surface area contributed by atoms with Crippen LogP contribution in [-0.4, -0.2) is 32.2 Å². The van der Waals surface area contributed by atoms with Crippen molar-refractivity contribution in [3.05, 3.63) is 23.8 Å². The largest absolute Gasteiger partial charge is 0.397 e. The number of nitrogens with one attached hydrogen (secondary N) is 2. The number of ether oxygens (including phenoxy) is 1. The van der Waals surface area contributed by atoms with Gasteiger partial charge in [-0.3, -0.25) is 4.79 Å². The first-order chi connectivity index (χ1) is 9.11. The van der Waals surface area contributed by atoms with Crippen molar-refractivity contribution >= 4 is 17.3 Å². The normalized spacial score (nSPS) is 20.0. The fraction of sp³-hybridized carbons (Fsp3) is 0.500. The van der Waals surface area contributed by atoms with E-state index in [-0.39, 0.29) is 5.91 Å². The van der Waals surface area contributed by atoms with Crippen LogP contribution in [0.2, 0.25) is 0 Å². The Morgan fingerprint density at radius 1 is 1.53 bits per heavy atom. The van der Waals surface area contributed by atoms with E-state index in [9.17, 15) is 4.79 Å². The molecule has 5 heteroatoms. The van der Waals surface area contributed by atoms with Gasteiger partial charge < -0.3 is 21.1 Å². The molecule has 19 heavy (non-hydrogen) atoms. The second-order valence-corrected chi connectivity index (χ2v) is 4.94. The summed E-state index contributed by atoms with van der Waals surface area (Å²) in [5.74, 6) is 0.383. The van der Waals surface area contributed by atoms with Crippen molar-refractivity contribution in [2.45, 2.75) is 19.4 Å². The Labute approximate surface area is 113 Å². The van der Waals surface area contributed by atoms with Crippen molar-refractivity contribution < 1.29 is 9.53 Å². The molecule has 0 aliphatic carbocycles. The molecule has 1 aliphatic rings. The maximum atomic E-state index is 11.5. The van der Waals surface area contributed by atoms with Gasteiger partial charge in [-0.15, -0.1) is 0 Å². The highest BCUT2D eigenvalue weighted by Gasteiger charge is 2.22. The summed E-state index contributed by atoms with van der Waals surface area (Å²) in [6, 6.07) is 5.62. The van der Waals surface area contributed by atoms with Crippen molar-refractivity contribution in [3.8, 4) is 0 Å². The molecule has 4 N–H and O–H groups in total.